The largest absolute Gasteiger partial charge is 0.473 e. The molecule has 0 radical (unpaired) electrons. The van der Waals surface area contributed by atoms with E-state index < -0.39 is 0 Å². The Morgan fingerprint density at radius 3 is 2.93 bits per heavy atom. The monoisotopic (exact) mass is 226 g/mol. The molecule has 0 amide bonds. The summed E-state index contributed by atoms with van der Waals surface area (Å²) in [5, 5.41) is 4.35. The highest BCUT2D eigenvalue weighted by Crippen LogP contribution is 2.21. The van der Waals surface area contributed by atoms with Gasteiger partial charge in [-0.05, 0) is 12.8 Å². The highest BCUT2D eigenvalue weighted by atomic mass is 32.1. The summed E-state index contributed by atoms with van der Waals surface area (Å²) in [4.78, 5) is 5.42. The van der Waals surface area contributed by atoms with Crippen molar-refractivity contribution in [3.63, 3.8) is 0 Å². The van der Waals surface area contributed by atoms with Crippen LogP contribution in [0.3, 0.4) is 0 Å². The molecule has 2 rings (SSSR count). The fourth-order valence-electron chi connectivity index (χ4n) is 2.02. The first-order valence-corrected chi connectivity index (χ1v) is 6.42. The molecule has 1 heterocycles. The summed E-state index contributed by atoms with van der Waals surface area (Å²) in [7, 11) is 1.66. The lowest BCUT2D eigenvalue weighted by molar-refractivity contribution is 0.373. The normalized spacial score (nSPS) is 17.9. The van der Waals surface area contributed by atoms with Crippen LogP contribution in [0.5, 0.6) is 5.19 Å². The van der Waals surface area contributed by atoms with Gasteiger partial charge in [0.25, 0.3) is 5.19 Å². The van der Waals surface area contributed by atoms with Gasteiger partial charge in [0, 0.05) is 23.7 Å². The van der Waals surface area contributed by atoms with Gasteiger partial charge in [-0.2, -0.15) is 0 Å². The molecular weight excluding hydrogens is 208 g/mol. The van der Waals surface area contributed by atoms with E-state index in [-0.39, 0.29) is 0 Å². The first-order chi connectivity index (χ1) is 7.38. The van der Waals surface area contributed by atoms with E-state index in [0.717, 1.165) is 11.7 Å². The van der Waals surface area contributed by atoms with Crippen molar-refractivity contribution in [1.82, 2.24) is 10.3 Å². The van der Waals surface area contributed by atoms with Crippen molar-refractivity contribution in [1.29, 1.82) is 0 Å². The number of hydrogen-bond donors (Lipinski definition) is 1. The topological polar surface area (TPSA) is 34.1 Å². The summed E-state index contributed by atoms with van der Waals surface area (Å²) in [6.07, 6.45) is 8.73. The van der Waals surface area contributed by atoms with Crippen LogP contribution in [-0.4, -0.2) is 18.1 Å². The molecule has 0 atom stereocenters. The number of hydrogen-bond acceptors (Lipinski definition) is 4. The molecule has 1 fully saturated rings. The molecule has 0 saturated heterocycles. The molecule has 0 aromatic carbocycles. The summed E-state index contributed by atoms with van der Waals surface area (Å²) in [5.41, 5.74) is 0. The molecule has 0 spiro atoms. The minimum atomic E-state index is 0.715. The summed E-state index contributed by atoms with van der Waals surface area (Å²) < 4.78 is 5.07. The Labute approximate surface area is 94.9 Å². The fraction of sp³-hybridized carbons (Fsp3) is 0.727. The third kappa shape index (κ3) is 3.18. The van der Waals surface area contributed by atoms with E-state index in [1.807, 2.05) is 6.20 Å². The smallest absolute Gasteiger partial charge is 0.273 e. The van der Waals surface area contributed by atoms with Crippen molar-refractivity contribution in [3.05, 3.63) is 11.1 Å². The molecule has 0 unspecified atom stereocenters. The van der Waals surface area contributed by atoms with Crippen molar-refractivity contribution in [2.45, 2.75) is 44.7 Å². The predicted octanol–water partition coefficient (Wildman–Crippen LogP) is 2.57. The Morgan fingerprint density at radius 1 is 1.47 bits per heavy atom. The number of nitrogens with zero attached hydrogens (tertiary/aromatic N) is 1. The summed E-state index contributed by atoms with van der Waals surface area (Å²) in [6.45, 7) is 0.936. The van der Waals surface area contributed by atoms with Gasteiger partial charge in [0.1, 0.15) is 0 Å². The molecule has 3 nitrogen and oxygen atoms in total. The van der Waals surface area contributed by atoms with Crippen LogP contribution in [0, 0.1) is 0 Å². The van der Waals surface area contributed by atoms with Gasteiger partial charge >= 0.3 is 0 Å². The van der Waals surface area contributed by atoms with E-state index in [0.29, 0.717) is 6.04 Å². The average molecular weight is 226 g/mol. The molecule has 1 aliphatic carbocycles. The summed E-state index contributed by atoms with van der Waals surface area (Å²) >= 11 is 1.63. The van der Waals surface area contributed by atoms with E-state index >= 15 is 0 Å². The lowest BCUT2D eigenvalue weighted by Gasteiger charge is -2.22. The first-order valence-electron chi connectivity index (χ1n) is 5.60. The summed E-state index contributed by atoms with van der Waals surface area (Å²) in [5.74, 6) is 0. The van der Waals surface area contributed by atoms with Gasteiger partial charge in [-0.15, -0.1) is 0 Å². The van der Waals surface area contributed by atoms with Gasteiger partial charge in [-0.1, -0.05) is 30.6 Å². The molecule has 1 aliphatic rings. The van der Waals surface area contributed by atoms with Crippen molar-refractivity contribution < 1.29 is 4.74 Å². The van der Waals surface area contributed by atoms with Crippen LogP contribution in [0.2, 0.25) is 0 Å². The quantitative estimate of drug-likeness (QED) is 0.857. The van der Waals surface area contributed by atoms with Crippen molar-refractivity contribution >= 4 is 11.3 Å². The van der Waals surface area contributed by atoms with E-state index in [1.54, 1.807) is 18.4 Å². The zero-order chi connectivity index (χ0) is 10.5. The van der Waals surface area contributed by atoms with Gasteiger partial charge in [-0.3, -0.25) is 0 Å². The van der Waals surface area contributed by atoms with Gasteiger partial charge in [0.15, 0.2) is 0 Å². The van der Waals surface area contributed by atoms with E-state index in [1.165, 1.54) is 37.0 Å². The predicted molar refractivity (Wildman–Crippen MR) is 62.4 cm³/mol. The Hall–Kier alpha value is -0.610. The third-order valence-electron chi connectivity index (χ3n) is 2.88. The fourth-order valence-corrected chi connectivity index (χ4v) is 2.69. The van der Waals surface area contributed by atoms with Gasteiger partial charge in [-0.25, -0.2) is 4.98 Å². The molecule has 15 heavy (non-hydrogen) atoms. The second kappa shape index (κ2) is 5.47. The SMILES string of the molecule is COc1ncc(CNC2CCCCC2)s1. The highest BCUT2D eigenvalue weighted by molar-refractivity contribution is 7.13. The lowest BCUT2D eigenvalue weighted by Crippen LogP contribution is -2.30. The first kappa shape index (κ1) is 10.9. The number of nitrogens with one attached hydrogen (secondary N) is 1. The molecule has 1 saturated carbocycles. The van der Waals surface area contributed by atoms with Crippen LogP contribution in [-0.2, 0) is 6.54 Å². The molecule has 1 aromatic rings. The van der Waals surface area contributed by atoms with Crippen LogP contribution in [0.15, 0.2) is 6.20 Å². The maximum Gasteiger partial charge on any atom is 0.273 e. The van der Waals surface area contributed by atoms with Gasteiger partial charge in [0.05, 0.1) is 7.11 Å². The molecule has 1 N–H and O–H groups in total. The van der Waals surface area contributed by atoms with Crippen molar-refractivity contribution in [3.8, 4) is 5.19 Å². The summed E-state index contributed by atoms with van der Waals surface area (Å²) in [6, 6.07) is 0.715. The van der Waals surface area contributed by atoms with Gasteiger partial charge < -0.3 is 10.1 Å². The minimum absolute atomic E-state index is 0.715. The van der Waals surface area contributed by atoms with E-state index in [4.69, 9.17) is 4.74 Å². The second-order valence-electron chi connectivity index (χ2n) is 4.01. The van der Waals surface area contributed by atoms with Gasteiger partial charge in [0.2, 0.25) is 0 Å². The molecule has 1 aromatic heterocycles. The molecule has 0 bridgehead atoms. The highest BCUT2D eigenvalue weighted by Gasteiger charge is 2.12. The Morgan fingerprint density at radius 2 is 2.27 bits per heavy atom. The number of thiazole rings is 1. The molecule has 84 valence electrons. The van der Waals surface area contributed by atoms with Crippen LogP contribution in [0.4, 0.5) is 0 Å². The maximum absolute atomic E-state index is 5.07. The number of methoxy groups -OCH3 is 1. The van der Waals surface area contributed by atoms with Crippen molar-refractivity contribution in [2.75, 3.05) is 7.11 Å². The Bertz CT molecular complexity index is 295. The average Bonchev–Trinajstić information content (AvgIpc) is 2.76. The minimum Gasteiger partial charge on any atom is -0.473 e. The number of aromatic nitrogens is 1. The van der Waals surface area contributed by atoms with Crippen LogP contribution in [0.25, 0.3) is 0 Å². The second-order valence-corrected chi connectivity index (χ2v) is 5.09. The lowest BCUT2D eigenvalue weighted by atomic mass is 9.95. The molecule has 4 heteroatoms. The number of ether oxygens (including phenoxy) is 1. The van der Waals surface area contributed by atoms with Crippen molar-refractivity contribution in [2.24, 2.45) is 0 Å². The van der Waals surface area contributed by atoms with Crippen LogP contribution in [0.1, 0.15) is 37.0 Å². The molecule has 0 aliphatic heterocycles. The standard InChI is InChI=1S/C11H18N2OS/c1-14-11-13-8-10(15-11)7-12-9-5-3-2-4-6-9/h8-9,12H,2-7H2,1H3. The zero-order valence-corrected chi connectivity index (χ0v) is 9.98. The molecular formula is C11H18N2OS. The van der Waals surface area contributed by atoms with Crippen LogP contribution >= 0.6 is 11.3 Å². The zero-order valence-electron chi connectivity index (χ0n) is 9.16. The van der Waals surface area contributed by atoms with E-state index in [2.05, 4.69) is 10.3 Å². The Balaban J connectivity index is 1.76. The third-order valence-corrected chi connectivity index (χ3v) is 3.84. The Kier molecular flexibility index (Phi) is 3.97. The maximum atomic E-state index is 5.07. The van der Waals surface area contributed by atoms with E-state index in [9.17, 15) is 0 Å². The van der Waals surface area contributed by atoms with Crippen LogP contribution < -0.4 is 10.1 Å². The number of rotatable bonds is 4.